The van der Waals surface area contributed by atoms with E-state index in [1.54, 1.807) is 38.4 Å². The van der Waals surface area contributed by atoms with Crippen molar-refractivity contribution < 1.29 is 19.2 Å². The lowest BCUT2D eigenvalue weighted by Gasteiger charge is -2.20. The van der Waals surface area contributed by atoms with E-state index < -0.39 is 0 Å². The molecule has 7 heteroatoms. The number of hydrogen-bond donors (Lipinski definition) is 0. The summed E-state index contributed by atoms with van der Waals surface area (Å²) in [5.74, 6) is -1.26. The van der Waals surface area contributed by atoms with Crippen LogP contribution in [0, 0.1) is 0 Å². The summed E-state index contributed by atoms with van der Waals surface area (Å²) in [4.78, 5) is 51.7. The number of carbonyl (C=O) groups is 4. The molecule has 0 aliphatic carbocycles. The summed E-state index contributed by atoms with van der Waals surface area (Å²) < 4.78 is 0. The minimum atomic E-state index is -0.384. The van der Waals surface area contributed by atoms with Crippen LogP contribution >= 0.6 is 0 Å². The third-order valence-corrected chi connectivity index (χ3v) is 3.72. The quantitative estimate of drug-likeness (QED) is 0.728. The number of likely N-dealkylation sites (N-methyl/N-ethyl adjacent to an activating group) is 2. The molecule has 23 heavy (non-hydrogen) atoms. The van der Waals surface area contributed by atoms with Crippen molar-refractivity contribution in [3.8, 4) is 0 Å². The number of hydrogen-bond acceptors (Lipinski definition) is 4. The molecule has 0 saturated carbocycles. The summed E-state index contributed by atoms with van der Waals surface area (Å²) in [6, 6.07) is 6.58. The Kier molecular flexibility index (Phi) is 4.78. The molecule has 0 unspecified atom stereocenters. The average Bonchev–Trinajstić information content (AvgIpc) is 2.76. The zero-order valence-corrected chi connectivity index (χ0v) is 13.4. The Morgan fingerprint density at radius 2 is 1.48 bits per heavy atom. The van der Waals surface area contributed by atoms with Crippen LogP contribution in [0.25, 0.3) is 0 Å². The van der Waals surface area contributed by atoms with Crippen LogP contribution in [-0.2, 0) is 9.59 Å². The maximum absolute atomic E-state index is 12.2. The highest BCUT2D eigenvalue weighted by atomic mass is 16.2. The molecule has 4 amide bonds. The van der Waals surface area contributed by atoms with Gasteiger partial charge in [0.1, 0.15) is 0 Å². The number of benzene rings is 1. The van der Waals surface area contributed by atoms with Crippen molar-refractivity contribution in [1.82, 2.24) is 14.7 Å². The number of imide groups is 1. The van der Waals surface area contributed by atoms with Crippen molar-refractivity contribution in [2.75, 3.05) is 34.2 Å². The fraction of sp³-hybridized carbons (Fsp3) is 0.375. The predicted molar refractivity (Wildman–Crippen MR) is 82.8 cm³/mol. The summed E-state index contributed by atoms with van der Waals surface area (Å²) in [7, 11) is 4.74. The standard InChI is InChI=1S/C16H19N3O4/c1-17(2)14(21)10-18(3)13(20)8-9-19-15(22)11-6-4-5-7-12(11)16(19)23/h4-7H,8-10H2,1-3H3. The van der Waals surface area contributed by atoms with Crippen LogP contribution < -0.4 is 0 Å². The predicted octanol–water partition coefficient (Wildman–Crippen LogP) is 0.219. The summed E-state index contributed by atoms with van der Waals surface area (Å²) in [6.07, 6.45) is -0.0112. The Morgan fingerprint density at radius 1 is 0.957 bits per heavy atom. The fourth-order valence-corrected chi connectivity index (χ4v) is 2.27. The van der Waals surface area contributed by atoms with Crippen molar-refractivity contribution in [3.63, 3.8) is 0 Å². The molecule has 0 saturated heterocycles. The SMILES string of the molecule is CN(C)C(=O)CN(C)C(=O)CCN1C(=O)c2ccccc2C1=O. The van der Waals surface area contributed by atoms with Crippen LogP contribution in [0.3, 0.4) is 0 Å². The second-order valence-electron chi connectivity index (χ2n) is 5.60. The molecule has 0 atom stereocenters. The molecule has 0 N–H and O–H groups in total. The molecule has 0 fully saturated rings. The Balaban J connectivity index is 1.94. The minimum absolute atomic E-state index is 0.00563. The zero-order valence-electron chi connectivity index (χ0n) is 13.4. The molecule has 1 aliphatic rings. The first kappa shape index (κ1) is 16.7. The molecule has 1 aliphatic heterocycles. The van der Waals surface area contributed by atoms with E-state index in [0.29, 0.717) is 11.1 Å². The van der Waals surface area contributed by atoms with E-state index in [9.17, 15) is 19.2 Å². The van der Waals surface area contributed by atoms with Crippen LogP contribution in [-0.4, -0.2) is 72.6 Å². The van der Waals surface area contributed by atoms with Gasteiger partial charge in [0.05, 0.1) is 17.7 Å². The van der Waals surface area contributed by atoms with Gasteiger partial charge in [-0.05, 0) is 12.1 Å². The van der Waals surface area contributed by atoms with Gasteiger partial charge in [-0.2, -0.15) is 0 Å². The lowest BCUT2D eigenvalue weighted by molar-refractivity contribution is -0.138. The fourth-order valence-electron chi connectivity index (χ4n) is 2.27. The normalized spacial score (nSPS) is 13.1. The van der Waals surface area contributed by atoms with Gasteiger partial charge in [0.25, 0.3) is 11.8 Å². The molecular formula is C16H19N3O4. The first-order chi connectivity index (χ1) is 10.8. The minimum Gasteiger partial charge on any atom is -0.347 e. The molecule has 0 aromatic heterocycles. The van der Waals surface area contributed by atoms with Gasteiger partial charge in [0, 0.05) is 34.1 Å². The van der Waals surface area contributed by atoms with Crippen molar-refractivity contribution in [2.24, 2.45) is 0 Å². The van der Waals surface area contributed by atoms with Crippen molar-refractivity contribution >= 4 is 23.6 Å². The van der Waals surface area contributed by atoms with E-state index in [1.165, 1.54) is 16.8 Å². The zero-order chi connectivity index (χ0) is 17.1. The molecule has 0 bridgehead atoms. The van der Waals surface area contributed by atoms with Crippen LogP contribution in [0.5, 0.6) is 0 Å². The van der Waals surface area contributed by atoms with Gasteiger partial charge in [-0.15, -0.1) is 0 Å². The van der Waals surface area contributed by atoms with Crippen LogP contribution in [0.15, 0.2) is 24.3 Å². The van der Waals surface area contributed by atoms with Gasteiger partial charge in [-0.25, -0.2) is 0 Å². The van der Waals surface area contributed by atoms with Crippen molar-refractivity contribution in [1.29, 1.82) is 0 Å². The lowest BCUT2D eigenvalue weighted by atomic mass is 10.1. The van der Waals surface area contributed by atoms with E-state index in [1.807, 2.05) is 0 Å². The Morgan fingerprint density at radius 3 is 1.96 bits per heavy atom. The molecule has 0 spiro atoms. The van der Waals surface area contributed by atoms with Crippen LogP contribution in [0.4, 0.5) is 0 Å². The first-order valence-electron chi connectivity index (χ1n) is 7.22. The molecular weight excluding hydrogens is 298 g/mol. The van der Waals surface area contributed by atoms with Gasteiger partial charge < -0.3 is 9.80 Å². The summed E-state index contributed by atoms with van der Waals surface area (Å²) in [5.41, 5.74) is 0.724. The smallest absolute Gasteiger partial charge is 0.261 e. The van der Waals surface area contributed by atoms with Gasteiger partial charge >= 0.3 is 0 Å². The van der Waals surface area contributed by atoms with E-state index in [-0.39, 0.29) is 43.1 Å². The molecule has 1 aromatic rings. The Bertz CT molecular complexity index is 634. The second-order valence-corrected chi connectivity index (χ2v) is 5.60. The molecule has 0 radical (unpaired) electrons. The van der Waals surface area contributed by atoms with E-state index in [2.05, 4.69) is 0 Å². The van der Waals surface area contributed by atoms with Gasteiger partial charge in [-0.3, -0.25) is 24.1 Å². The second kappa shape index (κ2) is 6.60. The van der Waals surface area contributed by atoms with Crippen molar-refractivity contribution in [2.45, 2.75) is 6.42 Å². The molecule has 1 aromatic carbocycles. The number of fused-ring (bicyclic) bond motifs is 1. The first-order valence-corrected chi connectivity index (χ1v) is 7.22. The molecule has 2 rings (SSSR count). The number of nitrogens with zero attached hydrogens (tertiary/aromatic N) is 3. The topological polar surface area (TPSA) is 78.0 Å². The van der Waals surface area contributed by atoms with E-state index in [0.717, 1.165) is 4.90 Å². The maximum atomic E-state index is 12.2. The number of rotatable bonds is 5. The largest absolute Gasteiger partial charge is 0.347 e. The van der Waals surface area contributed by atoms with Crippen LogP contribution in [0.1, 0.15) is 27.1 Å². The van der Waals surface area contributed by atoms with Gasteiger partial charge in [0.2, 0.25) is 11.8 Å². The molecule has 1 heterocycles. The van der Waals surface area contributed by atoms with Crippen LogP contribution in [0.2, 0.25) is 0 Å². The number of carbonyl (C=O) groups excluding carboxylic acids is 4. The van der Waals surface area contributed by atoms with E-state index in [4.69, 9.17) is 0 Å². The lowest BCUT2D eigenvalue weighted by Crippen LogP contribution is -2.40. The third-order valence-electron chi connectivity index (χ3n) is 3.72. The highest BCUT2D eigenvalue weighted by Gasteiger charge is 2.35. The summed E-state index contributed by atoms with van der Waals surface area (Å²) in [5, 5.41) is 0. The maximum Gasteiger partial charge on any atom is 0.261 e. The highest BCUT2D eigenvalue weighted by Crippen LogP contribution is 2.22. The summed E-state index contributed by atoms with van der Waals surface area (Å²) >= 11 is 0. The molecule has 7 nitrogen and oxygen atoms in total. The Hall–Kier alpha value is -2.70. The van der Waals surface area contributed by atoms with Gasteiger partial charge in [0.15, 0.2) is 0 Å². The van der Waals surface area contributed by atoms with Crippen molar-refractivity contribution in [3.05, 3.63) is 35.4 Å². The van der Waals surface area contributed by atoms with E-state index >= 15 is 0 Å². The summed E-state index contributed by atoms with van der Waals surface area (Å²) in [6.45, 7) is -0.0281. The third kappa shape index (κ3) is 3.39. The Labute approximate surface area is 134 Å². The monoisotopic (exact) mass is 317 g/mol. The molecule has 122 valence electrons. The highest BCUT2D eigenvalue weighted by molar-refractivity contribution is 6.21. The van der Waals surface area contributed by atoms with Gasteiger partial charge in [-0.1, -0.05) is 12.1 Å². The average molecular weight is 317 g/mol. The number of amides is 4.